The molecule has 0 amide bonds. The lowest BCUT2D eigenvalue weighted by atomic mass is 10.2. The summed E-state index contributed by atoms with van der Waals surface area (Å²) in [6.45, 7) is 0. The molecule has 0 aliphatic heterocycles. The van der Waals surface area contributed by atoms with E-state index in [1.54, 1.807) is 6.07 Å². The summed E-state index contributed by atoms with van der Waals surface area (Å²) in [5, 5.41) is 0.496. The number of hydrogen-bond donors (Lipinski definition) is 0. The molecule has 0 unspecified atom stereocenters. The monoisotopic (exact) mass is 183 g/mol. The maximum absolute atomic E-state index is 10.6. The van der Waals surface area contributed by atoms with E-state index in [1.165, 1.54) is 0 Å². The molecule has 2 nitrogen and oxygen atoms in total. The minimum atomic E-state index is 0.496. The van der Waals surface area contributed by atoms with E-state index in [0.29, 0.717) is 10.6 Å². The highest BCUT2D eigenvalue weighted by atomic mass is 35.5. The molecule has 0 radical (unpaired) electrons. The molecule has 0 aliphatic carbocycles. The van der Waals surface area contributed by atoms with Crippen LogP contribution in [0.15, 0.2) is 18.2 Å². The Morgan fingerprint density at radius 1 is 1.42 bits per heavy atom. The number of rotatable bonds is 2. The second kappa shape index (κ2) is 3.59. The van der Waals surface area contributed by atoms with Crippen molar-refractivity contribution in [2.24, 2.45) is 0 Å². The highest BCUT2D eigenvalue weighted by molar-refractivity contribution is 6.33. The topological polar surface area (TPSA) is 20.3 Å². The van der Waals surface area contributed by atoms with E-state index in [-0.39, 0.29) is 0 Å². The lowest BCUT2D eigenvalue weighted by Gasteiger charge is -2.14. The van der Waals surface area contributed by atoms with Crippen molar-refractivity contribution in [3.05, 3.63) is 28.8 Å². The molecule has 0 atom stereocenters. The van der Waals surface area contributed by atoms with E-state index in [9.17, 15) is 4.79 Å². The Morgan fingerprint density at radius 2 is 2.08 bits per heavy atom. The fourth-order valence-corrected chi connectivity index (χ4v) is 1.25. The minimum absolute atomic E-state index is 0.496. The second-order valence-corrected chi connectivity index (χ2v) is 3.09. The lowest BCUT2D eigenvalue weighted by Crippen LogP contribution is -2.11. The van der Waals surface area contributed by atoms with E-state index < -0.39 is 0 Å². The number of carbonyl (C=O) groups excluding carboxylic acids is 1. The third kappa shape index (κ3) is 1.59. The molecule has 12 heavy (non-hydrogen) atoms. The van der Waals surface area contributed by atoms with Gasteiger partial charge in [-0.1, -0.05) is 17.7 Å². The summed E-state index contributed by atoms with van der Waals surface area (Å²) in [7, 11) is 3.75. The first-order valence-electron chi connectivity index (χ1n) is 3.58. The molecule has 0 aliphatic rings. The van der Waals surface area contributed by atoms with Crippen molar-refractivity contribution >= 4 is 23.6 Å². The average molecular weight is 184 g/mol. The highest BCUT2D eigenvalue weighted by Gasteiger charge is 2.06. The van der Waals surface area contributed by atoms with Crippen LogP contribution < -0.4 is 4.90 Å². The van der Waals surface area contributed by atoms with E-state index in [1.807, 2.05) is 31.1 Å². The van der Waals surface area contributed by atoms with E-state index >= 15 is 0 Å². The van der Waals surface area contributed by atoms with Crippen LogP contribution in [0.1, 0.15) is 10.4 Å². The van der Waals surface area contributed by atoms with Crippen LogP contribution in [0.2, 0.25) is 5.02 Å². The third-order valence-corrected chi connectivity index (χ3v) is 1.96. The summed E-state index contributed by atoms with van der Waals surface area (Å²) in [4.78, 5) is 12.5. The Morgan fingerprint density at radius 3 is 2.50 bits per heavy atom. The molecule has 0 fully saturated rings. The summed E-state index contributed by atoms with van der Waals surface area (Å²) in [6.07, 6.45) is 0.775. The molecular formula is C9H10ClNO. The van der Waals surface area contributed by atoms with Gasteiger partial charge < -0.3 is 4.90 Å². The first-order valence-corrected chi connectivity index (χ1v) is 3.95. The Kier molecular flexibility index (Phi) is 2.71. The second-order valence-electron chi connectivity index (χ2n) is 2.68. The molecule has 1 rings (SSSR count). The summed E-state index contributed by atoms with van der Waals surface area (Å²) in [5.41, 5.74) is 1.39. The van der Waals surface area contributed by atoms with Gasteiger partial charge in [-0.2, -0.15) is 0 Å². The molecule has 0 N–H and O–H groups in total. The Balaban J connectivity index is 3.27. The van der Waals surface area contributed by atoms with Crippen molar-refractivity contribution in [2.45, 2.75) is 0 Å². The van der Waals surface area contributed by atoms with Gasteiger partial charge in [0.1, 0.15) is 0 Å². The van der Waals surface area contributed by atoms with Crippen LogP contribution in [0.3, 0.4) is 0 Å². The quantitative estimate of drug-likeness (QED) is 0.656. The van der Waals surface area contributed by atoms with Crippen LogP contribution in [0.4, 0.5) is 5.69 Å². The van der Waals surface area contributed by atoms with Crippen LogP contribution in [-0.2, 0) is 0 Å². The van der Waals surface area contributed by atoms with Crippen LogP contribution in [0.25, 0.3) is 0 Å². The zero-order valence-corrected chi connectivity index (χ0v) is 7.80. The summed E-state index contributed by atoms with van der Waals surface area (Å²) in [6, 6.07) is 5.39. The molecular weight excluding hydrogens is 174 g/mol. The van der Waals surface area contributed by atoms with Crippen molar-refractivity contribution in [1.29, 1.82) is 0 Å². The first-order chi connectivity index (χ1) is 5.66. The van der Waals surface area contributed by atoms with E-state index in [2.05, 4.69) is 0 Å². The molecule has 0 saturated carbocycles. The van der Waals surface area contributed by atoms with Gasteiger partial charge in [0.15, 0.2) is 6.29 Å². The molecule has 1 aromatic carbocycles. The van der Waals surface area contributed by atoms with Gasteiger partial charge in [-0.15, -0.1) is 0 Å². The van der Waals surface area contributed by atoms with Gasteiger partial charge in [0, 0.05) is 19.8 Å². The number of hydrogen-bond acceptors (Lipinski definition) is 2. The van der Waals surface area contributed by atoms with E-state index in [4.69, 9.17) is 11.6 Å². The lowest BCUT2D eigenvalue weighted by molar-refractivity contribution is 0.112. The maximum atomic E-state index is 10.6. The predicted octanol–water partition coefficient (Wildman–Crippen LogP) is 2.22. The SMILES string of the molecule is CN(C)c1cccc(Cl)c1C=O. The molecule has 0 bridgehead atoms. The normalized spacial score (nSPS) is 9.58. The smallest absolute Gasteiger partial charge is 0.153 e. The van der Waals surface area contributed by atoms with Crippen LogP contribution in [0, 0.1) is 0 Å². The Bertz CT molecular complexity index is 297. The van der Waals surface area contributed by atoms with Gasteiger partial charge in [0.25, 0.3) is 0 Å². The van der Waals surface area contributed by atoms with Crippen molar-refractivity contribution in [1.82, 2.24) is 0 Å². The maximum Gasteiger partial charge on any atom is 0.153 e. The van der Waals surface area contributed by atoms with Gasteiger partial charge in [-0.25, -0.2) is 0 Å². The fourth-order valence-electron chi connectivity index (χ4n) is 1.03. The van der Waals surface area contributed by atoms with E-state index in [0.717, 1.165) is 12.0 Å². The van der Waals surface area contributed by atoms with Gasteiger partial charge in [0.2, 0.25) is 0 Å². The summed E-state index contributed by atoms with van der Waals surface area (Å²) < 4.78 is 0. The van der Waals surface area contributed by atoms with Crippen LogP contribution in [-0.4, -0.2) is 20.4 Å². The predicted molar refractivity (Wildman–Crippen MR) is 51.2 cm³/mol. The molecule has 0 heterocycles. The Hall–Kier alpha value is -1.02. The van der Waals surface area contributed by atoms with Crippen molar-refractivity contribution in [3.8, 4) is 0 Å². The number of nitrogens with zero attached hydrogens (tertiary/aromatic N) is 1. The standard InChI is InChI=1S/C9H10ClNO/c1-11(2)9-5-3-4-8(10)7(9)6-12/h3-6H,1-2H3. The van der Waals surface area contributed by atoms with Gasteiger partial charge in [-0.3, -0.25) is 4.79 Å². The number of benzene rings is 1. The highest BCUT2D eigenvalue weighted by Crippen LogP contribution is 2.23. The number of carbonyl (C=O) groups is 1. The molecule has 0 saturated heterocycles. The zero-order valence-electron chi connectivity index (χ0n) is 7.04. The van der Waals surface area contributed by atoms with Crippen molar-refractivity contribution in [2.75, 3.05) is 19.0 Å². The van der Waals surface area contributed by atoms with Gasteiger partial charge >= 0.3 is 0 Å². The number of halogens is 1. The molecule has 64 valence electrons. The summed E-state index contributed by atoms with van der Waals surface area (Å²) in [5.74, 6) is 0. The van der Waals surface area contributed by atoms with Crippen molar-refractivity contribution in [3.63, 3.8) is 0 Å². The number of aldehydes is 1. The molecule has 3 heteroatoms. The third-order valence-electron chi connectivity index (χ3n) is 1.63. The van der Waals surface area contributed by atoms with Gasteiger partial charge in [-0.05, 0) is 12.1 Å². The summed E-state index contributed by atoms with van der Waals surface area (Å²) >= 11 is 5.82. The van der Waals surface area contributed by atoms with Crippen molar-refractivity contribution < 1.29 is 4.79 Å². The largest absolute Gasteiger partial charge is 0.377 e. The first kappa shape index (κ1) is 9.07. The minimum Gasteiger partial charge on any atom is -0.377 e. The average Bonchev–Trinajstić information content (AvgIpc) is 2.03. The molecule has 0 spiro atoms. The van der Waals surface area contributed by atoms with Crippen LogP contribution in [0.5, 0.6) is 0 Å². The molecule has 0 aromatic heterocycles. The zero-order chi connectivity index (χ0) is 9.14. The molecule has 1 aromatic rings. The number of anilines is 1. The fraction of sp³-hybridized carbons (Fsp3) is 0.222. The van der Waals surface area contributed by atoms with Gasteiger partial charge in [0.05, 0.1) is 10.6 Å². The van der Waals surface area contributed by atoms with Crippen LogP contribution >= 0.6 is 11.6 Å². The Labute approximate surface area is 76.8 Å².